The lowest BCUT2D eigenvalue weighted by atomic mass is 9.98. The van der Waals surface area contributed by atoms with Crippen LogP contribution >= 0.6 is 0 Å². The Labute approximate surface area is 182 Å². The van der Waals surface area contributed by atoms with Gasteiger partial charge in [-0.1, -0.05) is 18.2 Å². The van der Waals surface area contributed by atoms with Crippen LogP contribution in [-0.2, 0) is 26.5 Å². The largest absolute Gasteiger partial charge is 0.342 e. The molecule has 13 nitrogen and oxygen atoms in total. The van der Waals surface area contributed by atoms with Crippen molar-refractivity contribution in [2.75, 3.05) is 0 Å². The van der Waals surface area contributed by atoms with E-state index in [1.807, 2.05) is 6.92 Å². The molecule has 0 spiro atoms. The summed E-state index contributed by atoms with van der Waals surface area (Å²) in [6.07, 6.45) is 0.485. The van der Waals surface area contributed by atoms with Crippen LogP contribution in [0.2, 0.25) is 0 Å². The van der Waals surface area contributed by atoms with E-state index in [-0.39, 0.29) is 23.0 Å². The van der Waals surface area contributed by atoms with Gasteiger partial charge in [0.2, 0.25) is 25.9 Å². The van der Waals surface area contributed by atoms with Gasteiger partial charge in [-0.05, 0) is 29.8 Å². The second-order valence-electron chi connectivity index (χ2n) is 7.21. The quantitative estimate of drug-likeness (QED) is 0.243. The number of sulfonamides is 2. The molecule has 4 rings (SSSR count). The van der Waals surface area contributed by atoms with Gasteiger partial charge < -0.3 is 10.7 Å². The van der Waals surface area contributed by atoms with E-state index in [1.165, 1.54) is 6.07 Å². The summed E-state index contributed by atoms with van der Waals surface area (Å²) >= 11 is 0. The lowest BCUT2D eigenvalue weighted by Crippen LogP contribution is -2.22. The van der Waals surface area contributed by atoms with Crippen molar-refractivity contribution in [3.05, 3.63) is 36.2 Å². The average molecular weight is 478 g/mol. The maximum Gasteiger partial charge on any atom is 0.240 e. The maximum absolute atomic E-state index is 12.5. The predicted octanol–water partition coefficient (Wildman–Crippen LogP) is -0.405. The van der Waals surface area contributed by atoms with Crippen LogP contribution < -0.4 is 16.0 Å². The number of para-hydroxylation sites is 1. The highest BCUT2D eigenvalue weighted by Crippen LogP contribution is 2.40. The number of nitrogens with two attached hydrogens (primary N) is 3. The van der Waals surface area contributed by atoms with Crippen LogP contribution in [0.5, 0.6) is 0 Å². The van der Waals surface area contributed by atoms with Gasteiger partial charge in [-0.25, -0.2) is 32.1 Å². The molecule has 2 aromatic carbocycles. The van der Waals surface area contributed by atoms with Crippen molar-refractivity contribution in [2.24, 2.45) is 16.0 Å². The molecule has 0 aliphatic rings. The van der Waals surface area contributed by atoms with Crippen molar-refractivity contribution in [1.82, 2.24) is 30.6 Å². The van der Waals surface area contributed by atoms with Gasteiger partial charge in [0.05, 0.1) is 16.6 Å². The first-order chi connectivity index (χ1) is 15.0. The Bertz CT molecular complexity index is 1530. The van der Waals surface area contributed by atoms with E-state index < -0.39 is 29.8 Å². The van der Waals surface area contributed by atoms with E-state index in [0.29, 0.717) is 28.8 Å². The maximum atomic E-state index is 12.5. The molecule has 0 saturated carbocycles. The number of nitrogens with one attached hydrogen (secondary N) is 2. The number of aromatic amines is 2. The fraction of sp³-hybridized carbons (Fsp3) is 0.176. The second-order valence-corrected chi connectivity index (χ2v) is 10.2. The molecule has 2 aromatic heterocycles. The minimum absolute atomic E-state index is 0.142. The van der Waals surface area contributed by atoms with Crippen LogP contribution in [0.4, 0.5) is 0 Å². The number of tetrazole rings is 1. The first-order valence-electron chi connectivity index (χ1n) is 9.17. The summed E-state index contributed by atoms with van der Waals surface area (Å²) in [6.45, 7) is 1.84. The number of hydrogen-bond acceptors (Lipinski definition) is 9. The van der Waals surface area contributed by atoms with Gasteiger partial charge in [0, 0.05) is 18.0 Å². The molecule has 0 fully saturated rings. The SMILES string of the molecule is C[C@H](N)Cc1nc2c(-c3ccc(S(N)(=O)=O)c(S(N)(=O)=O)c3-c3nn[nH]n3)cccc2[nH]1. The summed E-state index contributed by atoms with van der Waals surface area (Å²) in [5.74, 6) is 0.453. The molecule has 0 radical (unpaired) electrons. The van der Waals surface area contributed by atoms with E-state index in [9.17, 15) is 16.8 Å². The molecule has 2 heterocycles. The van der Waals surface area contributed by atoms with Crippen molar-refractivity contribution in [1.29, 1.82) is 0 Å². The molecule has 0 amide bonds. The van der Waals surface area contributed by atoms with Crippen LogP contribution in [0.25, 0.3) is 33.5 Å². The number of hydrogen-bond donors (Lipinski definition) is 5. The third kappa shape index (κ3) is 3.98. The normalized spacial score (nSPS) is 13.5. The number of aromatic nitrogens is 6. The van der Waals surface area contributed by atoms with Gasteiger partial charge in [-0.2, -0.15) is 5.21 Å². The fourth-order valence-electron chi connectivity index (χ4n) is 3.49. The van der Waals surface area contributed by atoms with Gasteiger partial charge in [-0.3, -0.25) is 0 Å². The molecule has 0 saturated heterocycles. The number of H-pyrrole nitrogens is 2. The van der Waals surface area contributed by atoms with Crippen LogP contribution in [0.3, 0.4) is 0 Å². The summed E-state index contributed by atoms with van der Waals surface area (Å²) in [5, 5.41) is 24.1. The van der Waals surface area contributed by atoms with Gasteiger partial charge in [0.1, 0.15) is 15.6 Å². The number of nitrogens with zero attached hydrogens (tertiary/aromatic N) is 4. The third-order valence-corrected chi connectivity index (χ3v) is 6.72. The van der Waals surface area contributed by atoms with E-state index in [2.05, 4.69) is 30.6 Å². The van der Waals surface area contributed by atoms with E-state index in [0.717, 1.165) is 6.07 Å². The zero-order chi connectivity index (χ0) is 23.3. The van der Waals surface area contributed by atoms with Crippen LogP contribution in [0, 0.1) is 0 Å². The van der Waals surface area contributed by atoms with Gasteiger partial charge >= 0.3 is 0 Å². The van der Waals surface area contributed by atoms with Crippen LogP contribution in [0.1, 0.15) is 12.7 Å². The van der Waals surface area contributed by atoms with Crippen LogP contribution in [-0.4, -0.2) is 53.5 Å². The standard InChI is InChI=1S/C17H19N9O4S2/c1-8(18)7-13-21-11-4-2-3-10(15(11)22-13)9-5-6-12(31(19,27)28)16(32(20,29)30)14(9)17-23-25-26-24-17/h2-6,8H,7,18H2,1H3,(H,21,22)(H2,19,27,28)(H2,20,29,30)(H,23,24,25,26)/t8-/m0/s1. The molecule has 168 valence electrons. The highest BCUT2D eigenvalue weighted by Gasteiger charge is 2.31. The molecule has 0 aliphatic heterocycles. The van der Waals surface area contributed by atoms with Crippen molar-refractivity contribution in [3.8, 4) is 22.5 Å². The van der Waals surface area contributed by atoms with Gasteiger partial charge in [0.15, 0.2) is 0 Å². The fourth-order valence-corrected chi connectivity index (χ4v) is 5.64. The van der Waals surface area contributed by atoms with Gasteiger partial charge in [-0.15, -0.1) is 10.2 Å². The molecule has 32 heavy (non-hydrogen) atoms. The highest BCUT2D eigenvalue weighted by molar-refractivity contribution is 7.92. The number of rotatable bonds is 6. The highest BCUT2D eigenvalue weighted by atomic mass is 32.2. The minimum atomic E-state index is -4.59. The van der Waals surface area contributed by atoms with Gasteiger partial charge in [0.25, 0.3) is 0 Å². The lowest BCUT2D eigenvalue weighted by Gasteiger charge is -2.15. The van der Waals surface area contributed by atoms with Crippen molar-refractivity contribution < 1.29 is 16.8 Å². The first-order valence-corrected chi connectivity index (χ1v) is 12.3. The average Bonchev–Trinajstić information content (AvgIpc) is 3.34. The minimum Gasteiger partial charge on any atom is -0.342 e. The van der Waals surface area contributed by atoms with E-state index in [1.54, 1.807) is 18.2 Å². The zero-order valence-corrected chi connectivity index (χ0v) is 18.3. The monoisotopic (exact) mass is 477 g/mol. The Morgan fingerprint density at radius 3 is 2.38 bits per heavy atom. The molecular weight excluding hydrogens is 458 g/mol. The number of imidazole rings is 1. The summed E-state index contributed by atoms with van der Waals surface area (Å²) in [6, 6.07) is 7.55. The smallest absolute Gasteiger partial charge is 0.240 e. The molecule has 1 atom stereocenters. The lowest BCUT2D eigenvalue weighted by molar-refractivity contribution is 0.584. The molecule has 0 unspecified atom stereocenters. The zero-order valence-electron chi connectivity index (χ0n) is 16.6. The summed E-state index contributed by atoms with van der Waals surface area (Å²) in [4.78, 5) is 6.34. The third-order valence-electron chi connectivity index (χ3n) is 4.65. The van der Waals surface area contributed by atoms with Crippen molar-refractivity contribution in [2.45, 2.75) is 29.2 Å². The van der Waals surface area contributed by atoms with Crippen molar-refractivity contribution >= 4 is 31.1 Å². The summed E-state index contributed by atoms with van der Waals surface area (Å²) in [7, 11) is -9.06. The Morgan fingerprint density at radius 2 is 1.78 bits per heavy atom. The predicted molar refractivity (Wildman–Crippen MR) is 115 cm³/mol. The molecule has 0 aliphatic carbocycles. The molecule has 8 N–H and O–H groups in total. The Kier molecular flexibility index (Phi) is 5.30. The topological polar surface area (TPSA) is 229 Å². The Balaban J connectivity index is 2.12. The molecule has 0 bridgehead atoms. The second kappa shape index (κ2) is 7.72. The Morgan fingerprint density at radius 1 is 1.03 bits per heavy atom. The molecule has 15 heteroatoms. The molecular formula is C17H19N9O4S2. The molecule has 4 aromatic rings. The summed E-state index contributed by atoms with van der Waals surface area (Å²) in [5.41, 5.74) is 7.64. The number of benzene rings is 2. The van der Waals surface area contributed by atoms with E-state index >= 15 is 0 Å². The first kappa shape index (κ1) is 22.0. The van der Waals surface area contributed by atoms with Crippen molar-refractivity contribution in [3.63, 3.8) is 0 Å². The van der Waals surface area contributed by atoms with Crippen LogP contribution in [0.15, 0.2) is 40.1 Å². The summed E-state index contributed by atoms with van der Waals surface area (Å²) < 4.78 is 49.4. The van der Waals surface area contributed by atoms with E-state index in [4.69, 9.17) is 16.0 Å². The number of primary sulfonamides is 2. The number of fused-ring (bicyclic) bond motifs is 1. The Hall–Kier alpha value is -3.24.